The third-order valence-corrected chi connectivity index (χ3v) is 5.73. The summed E-state index contributed by atoms with van der Waals surface area (Å²) in [5.41, 5.74) is 0.234. The van der Waals surface area contributed by atoms with E-state index in [1.807, 2.05) is 38.1 Å². The highest BCUT2D eigenvalue weighted by atomic mass is 79.9. The van der Waals surface area contributed by atoms with Crippen molar-refractivity contribution in [1.82, 2.24) is 0 Å². The van der Waals surface area contributed by atoms with E-state index in [4.69, 9.17) is 4.42 Å². The van der Waals surface area contributed by atoms with E-state index in [-0.39, 0.29) is 9.72 Å². The summed E-state index contributed by atoms with van der Waals surface area (Å²) in [5, 5.41) is -0.0801. The van der Waals surface area contributed by atoms with Crippen molar-refractivity contribution < 1.29 is 8.63 Å². The monoisotopic (exact) mass is 418 g/mol. The SMILES string of the molecule is CC(C)S(=O)c1cc(-c2cccc(Br)c2)oc(=O)c1Br. The van der Waals surface area contributed by atoms with Crippen LogP contribution in [0.15, 0.2) is 53.4 Å². The Bertz CT molecular complexity index is 723. The molecule has 106 valence electrons. The fourth-order valence-electron chi connectivity index (χ4n) is 1.64. The van der Waals surface area contributed by atoms with Crippen LogP contribution in [0.5, 0.6) is 0 Å². The Kier molecular flexibility index (Phi) is 4.99. The molecule has 2 aromatic rings. The lowest BCUT2D eigenvalue weighted by Crippen LogP contribution is -2.12. The van der Waals surface area contributed by atoms with E-state index in [1.165, 1.54) is 0 Å². The van der Waals surface area contributed by atoms with Crippen LogP contribution in [0, 0.1) is 0 Å². The lowest BCUT2D eigenvalue weighted by Gasteiger charge is -2.09. The Balaban J connectivity index is 2.63. The van der Waals surface area contributed by atoms with Crippen LogP contribution in [0.2, 0.25) is 0 Å². The van der Waals surface area contributed by atoms with Gasteiger partial charge in [-0.1, -0.05) is 41.9 Å². The molecule has 1 heterocycles. The molecule has 1 aromatic carbocycles. The highest BCUT2D eigenvalue weighted by molar-refractivity contribution is 9.10. The van der Waals surface area contributed by atoms with Gasteiger partial charge in [-0.2, -0.15) is 0 Å². The van der Waals surface area contributed by atoms with Crippen molar-refractivity contribution in [2.45, 2.75) is 24.0 Å². The zero-order valence-corrected chi connectivity index (χ0v) is 14.8. The fraction of sp³-hybridized carbons (Fsp3) is 0.214. The Morgan fingerprint density at radius 3 is 2.50 bits per heavy atom. The van der Waals surface area contributed by atoms with Gasteiger partial charge < -0.3 is 4.42 Å². The zero-order chi connectivity index (χ0) is 14.9. The molecule has 6 heteroatoms. The smallest absolute Gasteiger partial charge is 0.351 e. The summed E-state index contributed by atoms with van der Waals surface area (Å²) in [4.78, 5) is 12.4. The van der Waals surface area contributed by atoms with Crippen molar-refractivity contribution in [2.75, 3.05) is 0 Å². The van der Waals surface area contributed by atoms with Crippen molar-refractivity contribution in [1.29, 1.82) is 0 Å². The molecule has 0 saturated carbocycles. The van der Waals surface area contributed by atoms with Gasteiger partial charge in [-0.25, -0.2) is 4.79 Å². The van der Waals surface area contributed by atoms with Gasteiger partial charge in [0, 0.05) is 15.3 Å². The highest BCUT2D eigenvalue weighted by Crippen LogP contribution is 2.27. The maximum Gasteiger partial charge on any atom is 0.351 e. The van der Waals surface area contributed by atoms with Gasteiger partial charge in [0.1, 0.15) is 10.2 Å². The van der Waals surface area contributed by atoms with Gasteiger partial charge in [0.05, 0.1) is 15.7 Å². The minimum Gasteiger partial charge on any atom is -0.422 e. The largest absolute Gasteiger partial charge is 0.422 e. The molecule has 0 aliphatic carbocycles. The quantitative estimate of drug-likeness (QED) is 0.742. The molecule has 0 aliphatic heterocycles. The van der Waals surface area contributed by atoms with E-state index >= 15 is 0 Å². The first-order chi connectivity index (χ1) is 9.40. The molecule has 1 atom stereocenters. The molecule has 0 N–H and O–H groups in total. The minimum absolute atomic E-state index is 0.0801. The van der Waals surface area contributed by atoms with Crippen molar-refractivity contribution in [3.63, 3.8) is 0 Å². The van der Waals surface area contributed by atoms with E-state index in [0.29, 0.717) is 10.7 Å². The Hall–Kier alpha value is -0.720. The van der Waals surface area contributed by atoms with E-state index in [0.717, 1.165) is 10.0 Å². The van der Waals surface area contributed by atoms with Crippen LogP contribution in [0.4, 0.5) is 0 Å². The van der Waals surface area contributed by atoms with Gasteiger partial charge in [-0.3, -0.25) is 4.21 Å². The summed E-state index contributed by atoms with van der Waals surface area (Å²) in [5.74, 6) is 0.406. The third kappa shape index (κ3) is 3.30. The Morgan fingerprint density at radius 1 is 1.20 bits per heavy atom. The molecular weight excluding hydrogens is 408 g/mol. The van der Waals surface area contributed by atoms with Crippen molar-refractivity contribution in [3.05, 3.63) is 49.7 Å². The van der Waals surface area contributed by atoms with Crippen LogP contribution in [0.3, 0.4) is 0 Å². The molecule has 0 bridgehead atoms. The van der Waals surface area contributed by atoms with Gasteiger partial charge in [-0.05, 0) is 34.1 Å². The predicted molar refractivity (Wildman–Crippen MR) is 87.4 cm³/mol. The standard InChI is InChI=1S/C14H12Br2O3S/c1-8(2)20(18)12-7-11(19-14(17)13(12)16)9-4-3-5-10(15)6-9/h3-8H,1-2H3. The number of hydrogen-bond acceptors (Lipinski definition) is 3. The van der Waals surface area contributed by atoms with Crippen molar-refractivity contribution in [2.24, 2.45) is 0 Å². The second-order valence-corrected chi connectivity index (χ2v) is 8.12. The number of rotatable bonds is 3. The fourth-order valence-corrected chi connectivity index (χ4v) is 3.71. The van der Waals surface area contributed by atoms with Crippen LogP contribution >= 0.6 is 31.9 Å². The number of hydrogen-bond donors (Lipinski definition) is 0. The van der Waals surface area contributed by atoms with Gasteiger partial charge in [0.2, 0.25) is 0 Å². The molecule has 0 amide bonds. The number of benzene rings is 1. The molecule has 0 fully saturated rings. The summed E-state index contributed by atoms with van der Waals surface area (Å²) in [6, 6.07) is 9.06. The van der Waals surface area contributed by atoms with Crippen LogP contribution in [0.25, 0.3) is 11.3 Å². The molecule has 0 saturated heterocycles. The molecule has 2 rings (SSSR count). The molecule has 1 aromatic heterocycles. The average molecular weight is 420 g/mol. The molecule has 0 aliphatic rings. The van der Waals surface area contributed by atoms with E-state index < -0.39 is 16.4 Å². The highest BCUT2D eigenvalue weighted by Gasteiger charge is 2.18. The molecule has 3 nitrogen and oxygen atoms in total. The van der Waals surface area contributed by atoms with E-state index in [1.54, 1.807) is 6.07 Å². The van der Waals surface area contributed by atoms with Gasteiger partial charge in [-0.15, -0.1) is 0 Å². The minimum atomic E-state index is -1.26. The van der Waals surface area contributed by atoms with Gasteiger partial charge >= 0.3 is 5.63 Å². The van der Waals surface area contributed by atoms with Crippen LogP contribution in [-0.2, 0) is 10.8 Å². The predicted octanol–water partition coefficient (Wildman–Crippen LogP) is 4.35. The maximum atomic E-state index is 12.3. The van der Waals surface area contributed by atoms with Crippen molar-refractivity contribution >= 4 is 42.7 Å². The molecule has 20 heavy (non-hydrogen) atoms. The summed E-state index contributed by atoms with van der Waals surface area (Å²) in [6.07, 6.45) is 0. The summed E-state index contributed by atoms with van der Waals surface area (Å²) < 4.78 is 18.6. The first kappa shape index (κ1) is 15.7. The average Bonchev–Trinajstić information content (AvgIpc) is 2.40. The molecular formula is C14H12Br2O3S. The second kappa shape index (κ2) is 6.37. The molecule has 0 spiro atoms. The van der Waals surface area contributed by atoms with Crippen LogP contribution in [0.1, 0.15) is 13.8 Å². The van der Waals surface area contributed by atoms with E-state index in [2.05, 4.69) is 31.9 Å². The van der Waals surface area contributed by atoms with Crippen molar-refractivity contribution in [3.8, 4) is 11.3 Å². The normalized spacial score (nSPS) is 12.7. The Labute approximate surface area is 136 Å². The van der Waals surface area contributed by atoms with E-state index in [9.17, 15) is 9.00 Å². The van der Waals surface area contributed by atoms with Gasteiger partial charge in [0.25, 0.3) is 0 Å². The first-order valence-corrected chi connectivity index (χ1v) is 8.70. The number of halogens is 2. The first-order valence-electron chi connectivity index (χ1n) is 5.90. The van der Waals surface area contributed by atoms with Gasteiger partial charge in [0.15, 0.2) is 0 Å². The lowest BCUT2D eigenvalue weighted by molar-refractivity contribution is 0.515. The van der Waals surface area contributed by atoms with Crippen LogP contribution < -0.4 is 5.63 Å². The molecule has 0 radical (unpaired) electrons. The third-order valence-electron chi connectivity index (χ3n) is 2.61. The topological polar surface area (TPSA) is 47.3 Å². The second-order valence-electron chi connectivity index (χ2n) is 4.43. The summed E-state index contributed by atoms with van der Waals surface area (Å²) in [6.45, 7) is 3.69. The Morgan fingerprint density at radius 2 is 1.90 bits per heavy atom. The summed E-state index contributed by atoms with van der Waals surface area (Å²) >= 11 is 6.54. The zero-order valence-electron chi connectivity index (χ0n) is 10.9. The molecule has 1 unspecified atom stereocenters. The maximum absolute atomic E-state index is 12.3. The summed E-state index contributed by atoms with van der Waals surface area (Å²) in [7, 11) is -1.26. The lowest BCUT2D eigenvalue weighted by atomic mass is 10.2. The van der Waals surface area contributed by atoms with Crippen LogP contribution in [-0.4, -0.2) is 9.46 Å².